The van der Waals surface area contributed by atoms with Gasteiger partial charge >= 0.3 is 5.97 Å². The molecule has 1 aliphatic heterocycles. The first-order valence-electron chi connectivity index (χ1n) is 4.08. The van der Waals surface area contributed by atoms with Crippen molar-refractivity contribution in [3.63, 3.8) is 0 Å². The lowest BCUT2D eigenvalue weighted by molar-refractivity contribution is -0.143. The number of ether oxygens (including phenoxy) is 1. The quantitative estimate of drug-likeness (QED) is 0.449. The summed E-state index contributed by atoms with van der Waals surface area (Å²) < 4.78 is 4.50. The van der Waals surface area contributed by atoms with Gasteiger partial charge in [-0.1, -0.05) is 6.92 Å². The highest BCUT2D eigenvalue weighted by Gasteiger charge is 2.44. The van der Waals surface area contributed by atoms with Crippen LogP contribution in [0.15, 0.2) is 0 Å². The number of nitrogens with zero attached hydrogens (tertiary/aromatic N) is 1. The molecule has 0 bridgehead atoms. The van der Waals surface area contributed by atoms with E-state index in [4.69, 9.17) is 0 Å². The molecule has 1 amide bonds. The topological polar surface area (TPSA) is 46.4 Å². The predicted octanol–water partition coefficient (Wildman–Crippen LogP) is 0.170. The Labute approximate surface area is 71.5 Å². The lowest BCUT2D eigenvalue weighted by Crippen LogP contribution is -2.19. The van der Waals surface area contributed by atoms with Gasteiger partial charge in [0.15, 0.2) is 0 Å². The molecule has 0 aromatic heterocycles. The number of esters is 1. The molecule has 0 spiro atoms. The smallest absolute Gasteiger partial charge is 0.330 e. The maximum Gasteiger partial charge on any atom is 0.330 e. The van der Waals surface area contributed by atoms with Gasteiger partial charge in [0.2, 0.25) is 5.91 Å². The van der Waals surface area contributed by atoms with Crippen LogP contribution in [0.25, 0.3) is 0 Å². The Morgan fingerprint density at radius 3 is 2.75 bits per heavy atom. The van der Waals surface area contributed by atoms with Gasteiger partial charge in [0.25, 0.3) is 0 Å². The maximum atomic E-state index is 11.2. The average molecular weight is 171 g/mol. The molecule has 0 aromatic rings. The first kappa shape index (κ1) is 9.03. The van der Waals surface area contributed by atoms with Crippen LogP contribution in [-0.4, -0.2) is 36.5 Å². The summed E-state index contributed by atoms with van der Waals surface area (Å²) in [7, 11) is 1.34. The van der Waals surface area contributed by atoms with Crippen molar-refractivity contribution in [1.82, 2.24) is 4.90 Å². The fourth-order valence-electron chi connectivity index (χ4n) is 1.11. The molecule has 12 heavy (non-hydrogen) atoms. The Bertz CT molecular complexity index is 202. The molecule has 68 valence electrons. The van der Waals surface area contributed by atoms with E-state index in [2.05, 4.69) is 4.74 Å². The molecule has 1 heterocycles. The standard InChI is InChI=1S/C8H13NO3/c1-3-4-7(10)9-5-6(9)8(11)12-2/h6H,3-5H2,1-2H3/t6-,9?/m0/s1. The number of hydrogen-bond donors (Lipinski definition) is 0. The van der Waals surface area contributed by atoms with Crippen molar-refractivity contribution >= 4 is 11.9 Å². The largest absolute Gasteiger partial charge is 0.467 e. The van der Waals surface area contributed by atoms with Gasteiger partial charge < -0.3 is 9.64 Å². The molecule has 4 nitrogen and oxygen atoms in total. The van der Waals surface area contributed by atoms with Crippen molar-refractivity contribution in [3.8, 4) is 0 Å². The number of carbonyl (C=O) groups excluding carboxylic acids is 2. The highest BCUT2D eigenvalue weighted by atomic mass is 16.5. The zero-order valence-electron chi connectivity index (χ0n) is 7.37. The van der Waals surface area contributed by atoms with Crippen molar-refractivity contribution in [2.45, 2.75) is 25.8 Å². The van der Waals surface area contributed by atoms with Crippen molar-refractivity contribution in [2.75, 3.05) is 13.7 Å². The Balaban J connectivity index is 2.32. The van der Waals surface area contributed by atoms with E-state index < -0.39 is 0 Å². The van der Waals surface area contributed by atoms with Gasteiger partial charge in [0.05, 0.1) is 13.7 Å². The second-order valence-electron chi connectivity index (χ2n) is 2.84. The van der Waals surface area contributed by atoms with Crippen LogP contribution in [0, 0.1) is 0 Å². The zero-order valence-corrected chi connectivity index (χ0v) is 7.37. The molecule has 1 saturated heterocycles. The summed E-state index contributed by atoms with van der Waals surface area (Å²) in [6.07, 6.45) is 1.34. The van der Waals surface area contributed by atoms with E-state index in [0.717, 1.165) is 6.42 Å². The van der Waals surface area contributed by atoms with Crippen LogP contribution in [0.2, 0.25) is 0 Å². The fourth-order valence-corrected chi connectivity index (χ4v) is 1.11. The summed E-state index contributed by atoms with van der Waals surface area (Å²) in [5.74, 6) is -0.257. The Morgan fingerprint density at radius 1 is 1.58 bits per heavy atom. The summed E-state index contributed by atoms with van der Waals surface area (Å²) in [5, 5.41) is 0. The van der Waals surface area contributed by atoms with Crippen LogP contribution >= 0.6 is 0 Å². The van der Waals surface area contributed by atoms with E-state index in [-0.39, 0.29) is 17.9 Å². The number of hydrogen-bond acceptors (Lipinski definition) is 3. The number of rotatable bonds is 3. The Kier molecular flexibility index (Phi) is 2.68. The molecule has 1 aliphatic rings. The number of methoxy groups -OCH3 is 1. The first-order chi connectivity index (χ1) is 5.70. The summed E-state index contributed by atoms with van der Waals surface area (Å²) in [4.78, 5) is 23.6. The van der Waals surface area contributed by atoms with E-state index in [0.29, 0.717) is 13.0 Å². The van der Waals surface area contributed by atoms with Crippen molar-refractivity contribution < 1.29 is 14.3 Å². The lowest BCUT2D eigenvalue weighted by atomic mass is 10.3. The third-order valence-electron chi connectivity index (χ3n) is 1.87. The molecule has 0 aromatic carbocycles. The van der Waals surface area contributed by atoms with Gasteiger partial charge in [-0.25, -0.2) is 4.79 Å². The van der Waals surface area contributed by atoms with Crippen LogP contribution in [0.1, 0.15) is 19.8 Å². The van der Waals surface area contributed by atoms with Gasteiger partial charge in [-0.05, 0) is 6.42 Å². The zero-order chi connectivity index (χ0) is 9.14. The second-order valence-corrected chi connectivity index (χ2v) is 2.84. The van der Waals surface area contributed by atoms with E-state index in [1.165, 1.54) is 12.0 Å². The average Bonchev–Trinajstić information content (AvgIpc) is 2.82. The van der Waals surface area contributed by atoms with Gasteiger partial charge in [0.1, 0.15) is 6.04 Å². The Hall–Kier alpha value is -1.06. The summed E-state index contributed by atoms with van der Waals surface area (Å²) >= 11 is 0. The van der Waals surface area contributed by atoms with Crippen LogP contribution in [0.4, 0.5) is 0 Å². The van der Waals surface area contributed by atoms with E-state index in [1.807, 2.05) is 6.92 Å². The molecule has 4 heteroatoms. The highest BCUT2D eigenvalue weighted by molar-refractivity contribution is 5.89. The van der Waals surface area contributed by atoms with Crippen LogP contribution in [0.5, 0.6) is 0 Å². The molecule has 1 fully saturated rings. The molecule has 1 atom stereocenters. The van der Waals surface area contributed by atoms with Crippen molar-refractivity contribution in [3.05, 3.63) is 0 Å². The molecule has 0 unspecified atom stereocenters. The van der Waals surface area contributed by atoms with E-state index >= 15 is 0 Å². The third-order valence-corrected chi connectivity index (χ3v) is 1.87. The minimum atomic E-state index is -0.306. The lowest BCUT2D eigenvalue weighted by Gasteiger charge is -2.00. The van der Waals surface area contributed by atoms with Gasteiger partial charge in [-0.2, -0.15) is 0 Å². The predicted molar refractivity (Wildman–Crippen MR) is 42.4 cm³/mol. The Morgan fingerprint density at radius 2 is 2.25 bits per heavy atom. The number of carbonyl (C=O) groups is 2. The number of amides is 1. The molecule has 0 radical (unpaired) electrons. The second kappa shape index (κ2) is 3.56. The SMILES string of the molecule is CCCC(=O)N1C[C@H]1C(=O)OC. The minimum Gasteiger partial charge on any atom is -0.467 e. The first-order valence-corrected chi connectivity index (χ1v) is 4.08. The van der Waals surface area contributed by atoms with E-state index in [1.54, 1.807) is 0 Å². The highest BCUT2D eigenvalue weighted by Crippen LogP contribution is 2.20. The van der Waals surface area contributed by atoms with Gasteiger partial charge in [-0.15, -0.1) is 0 Å². The monoisotopic (exact) mass is 171 g/mol. The van der Waals surface area contributed by atoms with Crippen LogP contribution in [0.3, 0.4) is 0 Å². The summed E-state index contributed by atoms with van der Waals surface area (Å²) in [6, 6.07) is -0.297. The van der Waals surface area contributed by atoms with Gasteiger partial charge in [-0.3, -0.25) is 4.79 Å². The molecular weight excluding hydrogens is 158 g/mol. The maximum absolute atomic E-state index is 11.2. The van der Waals surface area contributed by atoms with Crippen LogP contribution in [-0.2, 0) is 14.3 Å². The summed E-state index contributed by atoms with van der Waals surface area (Å²) in [5.41, 5.74) is 0. The fraction of sp³-hybridized carbons (Fsp3) is 0.750. The minimum absolute atomic E-state index is 0.0490. The summed E-state index contributed by atoms with van der Waals surface area (Å²) in [6.45, 7) is 2.47. The molecule has 0 saturated carbocycles. The van der Waals surface area contributed by atoms with Crippen molar-refractivity contribution in [2.24, 2.45) is 0 Å². The molecular formula is C8H13NO3. The molecule has 0 aliphatic carbocycles. The molecule has 1 rings (SSSR count). The third kappa shape index (κ3) is 1.75. The van der Waals surface area contributed by atoms with Gasteiger partial charge in [0, 0.05) is 6.42 Å². The van der Waals surface area contributed by atoms with Crippen molar-refractivity contribution in [1.29, 1.82) is 0 Å². The van der Waals surface area contributed by atoms with E-state index in [9.17, 15) is 9.59 Å². The normalized spacial score (nSPS) is 20.5. The molecule has 0 N–H and O–H groups in total. The van der Waals surface area contributed by atoms with Crippen LogP contribution < -0.4 is 0 Å².